The van der Waals surface area contributed by atoms with Crippen molar-refractivity contribution in [3.63, 3.8) is 0 Å². The van der Waals surface area contributed by atoms with Gasteiger partial charge >= 0.3 is 0 Å². The van der Waals surface area contributed by atoms with Crippen LogP contribution in [0.3, 0.4) is 0 Å². The lowest BCUT2D eigenvalue weighted by Crippen LogP contribution is -2.17. The van der Waals surface area contributed by atoms with Crippen LogP contribution >= 0.6 is 0 Å². The Morgan fingerprint density at radius 3 is 2.19 bits per heavy atom. The number of hydrogen-bond acceptors (Lipinski definition) is 1. The summed E-state index contributed by atoms with van der Waals surface area (Å²) in [6.07, 6.45) is 0.738. The van der Waals surface area contributed by atoms with E-state index in [0.29, 0.717) is 0 Å². The van der Waals surface area contributed by atoms with Crippen molar-refractivity contribution >= 4 is 11.6 Å². The zero-order valence-corrected chi connectivity index (χ0v) is 16.5. The Labute approximate surface area is 162 Å². The van der Waals surface area contributed by atoms with Crippen LogP contribution in [0, 0.1) is 6.92 Å². The number of para-hydroxylation sites is 1. The van der Waals surface area contributed by atoms with Gasteiger partial charge in [-0.2, -0.15) is 0 Å². The van der Waals surface area contributed by atoms with Crippen LogP contribution in [0.2, 0.25) is 0 Å². The topological polar surface area (TPSA) is 29.1 Å². The molecule has 3 aromatic carbocycles. The smallest absolute Gasteiger partial charge is 0.255 e. The molecule has 0 aromatic heterocycles. The van der Waals surface area contributed by atoms with Gasteiger partial charge in [-0.3, -0.25) is 4.79 Å². The molecule has 27 heavy (non-hydrogen) atoms. The Bertz CT molecular complexity index is 919. The van der Waals surface area contributed by atoms with E-state index in [2.05, 4.69) is 69.4 Å². The van der Waals surface area contributed by atoms with Crippen LogP contribution in [0.25, 0.3) is 0 Å². The molecule has 0 radical (unpaired) electrons. The fourth-order valence-corrected chi connectivity index (χ4v) is 3.07. The number of amides is 1. The molecule has 3 aromatic rings. The first-order valence-electron chi connectivity index (χ1n) is 9.38. The van der Waals surface area contributed by atoms with Gasteiger partial charge in [0.2, 0.25) is 0 Å². The van der Waals surface area contributed by atoms with Gasteiger partial charge in [0.25, 0.3) is 5.91 Å². The van der Waals surface area contributed by atoms with E-state index in [1.807, 2.05) is 36.4 Å². The molecule has 0 aliphatic heterocycles. The number of benzene rings is 3. The van der Waals surface area contributed by atoms with Crippen LogP contribution in [0.4, 0.5) is 5.69 Å². The van der Waals surface area contributed by atoms with Crippen molar-refractivity contribution in [2.45, 2.75) is 39.5 Å². The van der Waals surface area contributed by atoms with Gasteiger partial charge in [0.1, 0.15) is 0 Å². The maximum absolute atomic E-state index is 12.9. The lowest BCUT2D eigenvalue weighted by molar-refractivity contribution is 0.102. The van der Waals surface area contributed by atoms with E-state index < -0.39 is 0 Å². The molecule has 0 spiro atoms. The van der Waals surface area contributed by atoms with Crippen molar-refractivity contribution in [3.8, 4) is 0 Å². The number of carbonyl (C=O) groups is 1. The molecule has 2 nitrogen and oxygen atoms in total. The number of nitrogens with one attached hydrogen (secondary N) is 1. The quantitative estimate of drug-likeness (QED) is 0.597. The molecule has 3 rings (SSSR count). The fraction of sp³-hybridized carbons (Fsp3) is 0.240. The van der Waals surface area contributed by atoms with Crippen molar-refractivity contribution < 1.29 is 4.79 Å². The summed E-state index contributed by atoms with van der Waals surface area (Å²) in [7, 11) is 0. The molecule has 0 fully saturated rings. The van der Waals surface area contributed by atoms with Crippen molar-refractivity contribution in [2.75, 3.05) is 5.32 Å². The summed E-state index contributed by atoms with van der Waals surface area (Å²) in [5.74, 6) is -0.0660. The standard InChI is InChI=1S/C25H27NO/c1-18-10-12-19(13-11-18)16-20-17-21(25(2,3)4)14-15-23(20)24(27)26-22-8-6-5-7-9-22/h5-15,17H,16H2,1-4H3,(H,26,27). The number of hydrogen-bond donors (Lipinski definition) is 1. The van der Waals surface area contributed by atoms with E-state index in [1.54, 1.807) is 0 Å². The summed E-state index contributed by atoms with van der Waals surface area (Å²) in [6.45, 7) is 8.67. The van der Waals surface area contributed by atoms with E-state index in [4.69, 9.17) is 0 Å². The summed E-state index contributed by atoms with van der Waals surface area (Å²) < 4.78 is 0. The van der Waals surface area contributed by atoms with Crippen LogP contribution in [-0.2, 0) is 11.8 Å². The Morgan fingerprint density at radius 2 is 1.56 bits per heavy atom. The van der Waals surface area contributed by atoms with E-state index in [9.17, 15) is 4.79 Å². The second kappa shape index (κ2) is 7.79. The van der Waals surface area contributed by atoms with Crippen LogP contribution in [0.15, 0.2) is 72.8 Å². The number of anilines is 1. The van der Waals surface area contributed by atoms with Crippen LogP contribution in [-0.4, -0.2) is 5.91 Å². The van der Waals surface area contributed by atoms with Gasteiger partial charge in [0.15, 0.2) is 0 Å². The third-order valence-electron chi connectivity index (χ3n) is 4.76. The summed E-state index contributed by atoms with van der Waals surface area (Å²) in [5.41, 5.74) is 6.32. The second-order valence-electron chi connectivity index (χ2n) is 8.10. The van der Waals surface area contributed by atoms with Crippen LogP contribution in [0.1, 0.15) is 53.4 Å². The first-order chi connectivity index (χ1) is 12.8. The van der Waals surface area contributed by atoms with Gasteiger partial charge < -0.3 is 5.32 Å². The first kappa shape index (κ1) is 18.9. The van der Waals surface area contributed by atoms with E-state index >= 15 is 0 Å². The molecule has 2 heteroatoms. The molecule has 0 bridgehead atoms. The summed E-state index contributed by atoms with van der Waals surface area (Å²) >= 11 is 0. The molecule has 0 aliphatic carbocycles. The van der Waals surface area contributed by atoms with Crippen molar-refractivity contribution in [2.24, 2.45) is 0 Å². The number of carbonyl (C=O) groups excluding carboxylic acids is 1. The number of aryl methyl sites for hydroxylation is 1. The highest BCUT2D eigenvalue weighted by Crippen LogP contribution is 2.26. The minimum atomic E-state index is -0.0660. The van der Waals surface area contributed by atoms with Crippen molar-refractivity contribution in [3.05, 3.63) is 101 Å². The number of rotatable bonds is 4. The Kier molecular flexibility index (Phi) is 5.46. The maximum Gasteiger partial charge on any atom is 0.255 e. The Balaban J connectivity index is 1.96. The van der Waals surface area contributed by atoms with E-state index in [1.165, 1.54) is 16.7 Å². The zero-order valence-electron chi connectivity index (χ0n) is 16.5. The van der Waals surface area contributed by atoms with Crippen molar-refractivity contribution in [1.82, 2.24) is 0 Å². The molecule has 0 atom stereocenters. The fourth-order valence-electron chi connectivity index (χ4n) is 3.07. The molecule has 1 amide bonds. The average Bonchev–Trinajstić information content (AvgIpc) is 2.63. The lowest BCUT2D eigenvalue weighted by atomic mass is 9.84. The van der Waals surface area contributed by atoms with Crippen LogP contribution < -0.4 is 5.32 Å². The van der Waals surface area contributed by atoms with Gasteiger partial charge in [-0.25, -0.2) is 0 Å². The molecule has 0 heterocycles. The Morgan fingerprint density at radius 1 is 0.889 bits per heavy atom. The highest BCUT2D eigenvalue weighted by molar-refractivity contribution is 6.05. The Hall–Kier alpha value is -2.87. The molecule has 0 saturated carbocycles. The van der Waals surface area contributed by atoms with Crippen molar-refractivity contribution in [1.29, 1.82) is 0 Å². The largest absolute Gasteiger partial charge is 0.322 e. The van der Waals surface area contributed by atoms with E-state index in [0.717, 1.165) is 23.2 Å². The lowest BCUT2D eigenvalue weighted by Gasteiger charge is -2.21. The maximum atomic E-state index is 12.9. The van der Waals surface area contributed by atoms with Gasteiger partial charge in [0.05, 0.1) is 0 Å². The molecule has 138 valence electrons. The minimum Gasteiger partial charge on any atom is -0.322 e. The molecule has 0 unspecified atom stereocenters. The highest BCUT2D eigenvalue weighted by Gasteiger charge is 2.18. The predicted octanol–water partition coefficient (Wildman–Crippen LogP) is 6.14. The second-order valence-corrected chi connectivity index (χ2v) is 8.10. The third kappa shape index (κ3) is 4.85. The molecular formula is C25H27NO. The van der Waals surface area contributed by atoms with Gasteiger partial charge in [-0.15, -0.1) is 0 Å². The molecule has 1 N–H and O–H groups in total. The summed E-state index contributed by atoms with van der Waals surface area (Å²) in [6, 6.07) is 24.3. The molecule has 0 saturated heterocycles. The zero-order chi connectivity index (χ0) is 19.4. The molecular weight excluding hydrogens is 330 g/mol. The highest BCUT2D eigenvalue weighted by atomic mass is 16.1. The predicted molar refractivity (Wildman–Crippen MR) is 114 cm³/mol. The van der Waals surface area contributed by atoms with Gasteiger partial charge in [-0.1, -0.05) is 80.9 Å². The third-order valence-corrected chi connectivity index (χ3v) is 4.76. The first-order valence-corrected chi connectivity index (χ1v) is 9.38. The van der Waals surface area contributed by atoms with Gasteiger partial charge in [0, 0.05) is 11.3 Å². The minimum absolute atomic E-state index is 0.0382. The van der Waals surface area contributed by atoms with Crippen LogP contribution in [0.5, 0.6) is 0 Å². The summed E-state index contributed by atoms with van der Waals surface area (Å²) in [4.78, 5) is 12.9. The van der Waals surface area contributed by atoms with Gasteiger partial charge in [-0.05, 0) is 53.6 Å². The van der Waals surface area contributed by atoms with E-state index in [-0.39, 0.29) is 11.3 Å². The monoisotopic (exact) mass is 357 g/mol. The molecule has 0 aliphatic rings. The average molecular weight is 357 g/mol. The summed E-state index contributed by atoms with van der Waals surface area (Å²) in [5, 5.41) is 3.01. The SMILES string of the molecule is Cc1ccc(Cc2cc(C(C)(C)C)ccc2C(=O)Nc2ccccc2)cc1. The normalized spacial score (nSPS) is 11.3.